The second-order valence-corrected chi connectivity index (χ2v) is 5.24. The van der Waals surface area contributed by atoms with Gasteiger partial charge in [0.15, 0.2) is 0 Å². The van der Waals surface area contributed by atoms with Gasteiger partial charge in [0.05, 0.1) is 0 Å². The second kappa shape index (κ2) is 5.06. The van der Waals surface area contributed by atoms with Crippen molar-refractivity contribution in [2.75, 3.05) is 13.6 Å². The van der Waals surface area contributed by atoms with Crippen molar-refractivity contribution in [1.82, 2.24) is 4.90 Å². The molecule has 3 nitrogen and oxygen atoms in total. The van der Waals surface area contributed by atoms with Crippen molar-refractivity contribution in [3.63, 3.8) is 0 Å². The maximum atomic E-state index is 13.0. The van der Waals surface area contributed by atoms with Crippen LogP contribution in [0.1, 0.15) is 28.8 Å². The molecule has 0 saturated heterocycles. The highest BCUT2D eigenvalue weighted by Gasteiger charge is 2.28. The van der Waals surface area contributed by atoms with Crippen LogP contribution in [0.25, 0.3) is 0 Å². The van der Waals surface area contributed by atoms with Crippen LogP contribution in [-0.2, 0) is 0 Å². The Morgan fingerprint density at radius 1 is 1.50 bits per heavy atom. The van der Waals surface area contributed by atoms with Gasteiger partial charge in [-0.15, -0.1) is 0 Å². The Balaban J connectivity index is 2.01. The summed E-state index contributed by atoms with van der Waals surface area (Å²) in [5.41, 5.74) is 6.98. The molecule has 0 bridgehead atoms. The van der Waals surface area contributed by atoms with E-state index in [9.17, 15) is 9.18 Å². The Kier molecular flexibility index (Phi) is 3.66. The summed E-state index contributed by atoms with van der Waals surface area (Å²) < 4.78 is 13.0. The number of benzene rings is 1. The van der Waals surface area contributed by atoms with Crippen LogP contribution in [0.2, 0.25) is 0 Å². The number of hydrogen-bond acceptors (Lipinski definition) is 2. The number of carbonyl (C=O) groups excluding carboxylic acids is 1. The fourth-order valence-electron chi connectivity index (χ4n) is 2.48. The van der Waals surface area contributed by atoms with Gasteiger partial charge in [0.25, 0.3) is 5.91 Å². The molecule has 1 saturated carbocycles. The molecule has 0 radical (unpaired) electrons. The van der Waals surface area contributed by atoms with Crippen molar-refractivity contribution in [1.29, 1.82) is 0 Å². The number of rotatable bonds is 3. The SMILES string of the molecule is Cc1cc(F)ccc1C(=O)N(C)CC1CC(N)C1. The minimum absolute atomic E-state index is 0.0482. The average Bonchev–Trinajstić information content (AvgIpc) is 2.26. The van der Waals surface area contributed by atoms with Crippen LogP contribution in [0.3, 0.4) is 0 Å². The monoisotopic (exact) mass is 250 g/mol. The van der Waals surface area contributed by atoms with E-state index in [0.717, 1.165) is 19.4 Å². The van der Waals surface area contributed by atoms with E-state index in [-0.39, 0.29) is 11.7 Å². The van der Waals surface area contributed by atoms with Gasteiger partial charge in [0, 0.05) is 25.2 Å². The number of carbonyl (C=O) groups is 1. The minimum Gasteiger partial charge on any atom is -0.341 e. The highest BCUT2D eigenvalue weighted by Crippen LogP contribution is 2.26. The number of nitrogens with two attached hydrogens (primary N) is 1. The van der Waals surface area contributed by atoms with Gasteiger partial charge >= 0.3 is 0 Å². The molecule has 0 aliphatic heterocycles. The lowest BCUT2D eigenvalue weighted by Crippen LogP contribution is -2.43. The van der Waals surface area contributed by atoms with E-state index in [2.05, 4.69) is 0 Å². The van der Waals surface area contributed by atoms with Crippen molar-refractivity contribution >= 4 is 5.91 Å². The van der Waals surface area contributed by atoms with Crippen molar-refractivity contribution in [2.45, 2.75) is 25.8 Å². The lowest BCUT2D eigenvalue weighted by atomic mass is 9.80. The topological polar surface area (TPSA) is 46.3 Å². The largest absolute Gasteiger partial charge is 0.341 e. The Morgan fingerprint density at radius 3 is 2.72 bits per heavy atom. The van der Waals surface area contributed by atoms with Gasteiger partial charge in [-0.2, -0.15) is 0 Å². The first-order valence-corrected chi connectivity index (χ1v) is 6.24. The highest BCUT2D eigenvalue weighted by atomic mass is 19.1. The standard InChI is InChI=1S/C14H19FN2O/c1-9-5-11(15)3-4-13(9)14(18)17(2)8-10-6-12(16)7-10/h3-5,10,12H,6-8,16H2,1-2H3. The van der Waals surface area contributed by atoms with Gasteiger partial charge < -0.3 is 10.6 Å². The summed E-state index contributed by atoms with van der Waals surface area (Å²) in [5.74, 6) is 0.152. The van der Waals surface area contributed by atoms with Crippen molar-refractivity contribution in [3.8, 4) is 0 Å². The molecule has 0 unspecified atom stereocenters. The van der Waals surface area contributed by atoms with E-state index in [1.54, 1.807) is 24.9 Å². The van der Waals surface area contributed by atoms with Crippen LogP contribution in [-0.4, -0.2) is 30.4 Å². The lowest BCUT2D eigenvalue weighted by molar-refractivity contribution is 0.0733. The first kappa shape index (κ1) is 13.0. The molecule has 1 aromatic carbocycles. The maximum absolute atomic E-state index is 13.0. The Hall–Kier alpha value is -1.42. The molecule has 18 heavy (non-hydrogen) atoms. The molecule has 0 atom stereocenters. The smallest absolute Gasteiger partial charge is 0.253 e. The van der Waals surface area contributed by atoms with Crippen LogP contribution in [0.5, 0.6) is 0 Å². The number of aryl methyl sites for hydroxylation is 1. The fourth-order valence-corrected chi connectivity index (χ4v) is 2.48. The average molecular weight is 250 g/mol. The summed E-state index contributed by atoms with van der Waals surface area (Å²) in [6.45, 7) is 2.48. The van der Waals surface area contributed by atoms with Crippen molar-refractivity contribution in [3.05, 3.63) is 35.1 Å². The Morgan fingerprint density at radius 2 is 2.17 bits per heavy atom. The third-order valence-electron chi connectivity index (χ3n) is 3.57. The molecule has 98 valence electrons. The molecular formula is C14H19FN2O. The zero-order valence-electron chi connectivity index (χ0n) is 10.8. The zero-order chi connectivity index (χ0) is 13.3. The molecule has 2 rings (SSSR count). The molecule has 1 amide bonds. The minimum atomic E-state index is -0.309. The molecule has 1 fully saturated rings. The maximum Gasteiger partial charge on any atom is 0.253 e. The molecule has 1 aromatic rings. The van der Waals surface area contributed by atoms with Crippen molar-refractivity contribution in [2.24, 2.45) is 11.7 Å². The van der Waals surface area contributed by atoms with Gasteiger partial charge in [0.1, 0.15) is 5.82 Å². The predicted octanol–water partition coefficient (Wildman–Crippen LogP) is 1.94. The van der Waals surface area contributed by atoms with Gasteiger partial charge in [0.2, 0.25) is 0 Å². The third-order valence-corrected chi connectivity index (χ3v) is 3.57. The van der Waals surface area contributed by atoms with Crippen LogP contribution in [0.4, 0.5) is 4.39 Å². The summed E-state index contributed by atoms with van der Waals surface area (Å²) in [5, 5.41) is 0. The lowest BCUT2D eigenvalue weighted by Gasteiger charge is -2.35. The van der Waals surface area contributed by atoms with Crippen LogP contribution < -0.4 is 5.73 Å². The van der Waals surface area contributed by atoms with Crippen LogP contribution in [0, 0.1) is 18.7 Å². The summed E-state index contributed by atoms with van der Waals surface area (Å²) >= 11 is 0. The highest BCUT2D eigenvalue weighted by molar-refractivity contribution is 5.95. The molecular weight excluding hydrogens is 231 g/mol. The van der Waals surface area contributed by atoms with E-state index >= 15 is 0 Å². The first-order chi connectivity index (χ1) is 8.47. The normalized spacial score (nSPS) is 22.4. The summed E-state index contributed by atoms with van der Waals surface area (Å²) in [6.07, 6.45) is 1.97. The van der Waals surface area contributed by atoms with Crippen LogP contribution >= 0.6 is 0 Å². The molecule has 1 aliphatic carbocycles. The third kappa shape index (κ3) is 2.70. The Labute approximate surface area is 107 Å². The number of hydrogen-bond donors (Lipinski definition) is 1. The van der Waals surface area contributed by atoms with E-state index in [4.69, 9.17) is 5.73 Å². The Bertz CT molecular complexity index is 455. The zero-order valence-corrected chi connectivity index (χ0v) is 10.8. The predicted molar refractivity (Wildman–Crippen MR) is 68.8 cm³/mol. The fraction of sp³-hybridized carbons (Fsp3) is 0.500. The first-order valence-electron chi connectivity index (χ1n) is 6.24. The van der Waals surface area contributed by atoms with Gasteiger partial charge in [-0.1, -0.05) is 0 Å². The summed E-state index contributed by atoms with van der Waals surface area (Å²) in [7, 11) is 1.79. The van der Waals surface area contributed by atoms with E-state index in [0.29, 0.717) is 23.1 Å². The van der Waals surface area contributed by atoms with Gasteiger partial charge in [-0.05, 0) is 49.4 Å². The van der Waals surface area contributed by atoms with E-state index in [1.807, 2.05) is 0 Å². The molecule has 4 heteroatoms. The number of amides is 1. The summed E-state index contributed by atoms with van der Waals surface area (Å²) in [6, 6.07) is 4.56. The van der Waals surface area contributed by atoms with Crippen molar-refractivity contribution < 1.29 is 9.18 Å². The molecule has 0 spiro atoms. The molecule has 2 N–H and O–H groups in total. The summed E-state index contributed by atoms with van der Waals surface area (Å²) in [4.78, 5) is 13.9. The van der Waals surface area contributed by atoms with Gasteiger partial charge in [-0.3, -0.25) is 4.79 Å². The molecule has 1 aliphatic rings. The van der Waals surface area contributed by atoms with Crippen LogP contribution in [0.15, 0.2) is 18.2 Å². The van der Waals surface area contributed by atoms with E-state index < -0.39 is 0 Å². The molecule has 0 heterocycles. The molecule has 0 aromatic heterocycles. The quantitative estimate of drug-likeness (QED) is 0.891. The van der Waals surface area contributed by atoms with E-state index in [1.165, 1.54) is 12.1 Å². The number of nitrogens with zero attached hydrogens (tertiary/aromatic N) is 1. The second-order valence-electron chi connectivity index (χ2n) is 5.24. The number of halogens is 1. The van der Waals surface area contributed by atoms with Gasteiger partial charge in [-0.25, -0.2) is 4.39 Å².